The normalized spacial score (nSPS) is 12.1. The summed E-state index contributed by atoms with van der Waals surface area (Å²) in [5.41, 5.74) is 0.977. The van der Waals surface area contributed by atoms with Gasteiger partial charge >= 0.3 is 5.97 Å². The molecule has 0 saturated carbocycles. The molecule has 28 heavy (non-hydrogen) atoms. The molecule has 2 aromatic rings. The van der Waals surface area contributed by atoms with Crippen LogP contribution >= 0.6 is 0 Å². The van der Waals surface area contributed by atoms with Crippen LogP contribution in [0.25, 0.3) is 10.8 Å². The summed E-state index contributed by atoms with van der Waals surface area (Å²) < 4.78 is 10.7. The second-order valence-corrected chi connectivity index (χ2v) is 7.41. The van der Waals surface area contributed by atoms with Crippen molar-refractivity contribution in [1.82, 2.24) is 0 Å². The standard InChI is InChI=1S/C24H34O4/c1-19(20-11-12-22-18-23(27-2)14-13-21(22)17-20)24(26)28-16-10-8-6-4-3-5-7-9-15-25/h11-14,17-19,25H,3-10,15-16H2,1-2H3. The van der Waals surface area contributed by atoms with Crippen LogP contribution in [0.4, 0.5) is 0 Å². The Morgan fingerprint density at radius 2 is 1.50 bits per heavy atom. The van der Waals surface area contributed by atoms with Crippen LogP contribution in [0.1, 0.15) is 69.8 Å². The summed E-state index contributed by atoms with van der Waals surface area (Å²) in [4.78, 5) is 12.4. The molecule has 0 aliphatic heterocycles. The molecule has 0 aromatic heterocycles. The van der Waals surface area contributed by atoms with Gasteiger partial charge in [0.2, 0.25) is 0 Å². The van der Waals surface area contributed by atoms with Crippen LogP contribution in [-0.2, 0) is 9.53 Å². The second kappa shape index (κ2) is 12.4. The summed E-state index contributed by atoms with van der Waals surface area (Å²) in [6.45, 7) is 2.70. The number of hydrogen-bond donors (Lipinski definition) is 1. The van der Waals surface area contributed by atoms with Crippen molar-refractivity contribution in [2.24, 2.45) is 0 Å². The number of carbonyl (C=O) groups is 1. The number of unbranched alkanes of at least 4 members (excludes halogenated alkanes) is 7. The van der Waals surface area contributed by atoms with Crippen molar-refractivity contribution in [3.05, 3.63) is 42.0 Å². The van der Waals surface area contributed by atoms with Crippen LogP contribution in [0.5, 0.6) is 5.75 Å². The van der Waals surface area contributed by atoms with E-state index in [1.165, 1.54) is 25.7 Å². The summed E-state index contributed by atoms with van der Waals surface area (Å²) in [6, 6.07) is 12.0. The van der Waals surface area contributed by atoms with Gasteiger partial charge in [-0.1, -0.05) is 62.8 Å². The third-order valence-corrected chi connectivity index (χ3v) is 5.22. The number of hydrogen-bond acceptors (Lipinski definition) is 4. The zero-order chi connectivity index (χ0) is 20.2. The zero-order valence-corrected chi connectivity index (χ0v) is 17.3. The molecular weight excluding hydrogens is 352 g/mol. The molecule has 0 heterocycles. The molecule has 4 nitrogen and oxygen atoms in total. The van der Waals surface area contributed by atoms with Gasteiger partial charge in [0.15, 0.2) is 0 Å². The quantitative estimate of drug-likeness (QED) is 0.359. The molecule has 4 heteroatoms. The molecule has 0 bridgehead atoms. The van der Waals surface area contributed by atoms with Gasteiger partial charge in [-0.05, 0) is 48.2 Å². The number of rotatable bonds is 13. The fraction of sp³-hybridized carbons (Fsp3) is 0.542. The van der Waals surface area contributed by atoms with E-state index >= 15 is 0 Å². The highest BCUT2D eigenvalue weighted by Crippen LogP contribution is 2.25. The maximum absolute atomic E-state index is 12.4. The molecule has 1 N–H and O–H groups in total. The van der Waals surface area contributed by atoms with E-state index in [-0.39, 0.29) is 11.9 Å². The molecule has 1 atom stereocenters. The lowest BCUT2D eigenvalue weighted by molar-refractivity contribution is -0.145. The molecule has 0 fully saturated rings. The van der Waals surface area contributed by atoms with Crippen molar-refractivity contribution in [3.63, 3.8) is 0 Å². The largest absolute Gasteiger partial charge is 0.497 e. The summed E-state index contributed by atoms with van der Waals surface area (Å²) >= 11 is 0. The summed E-state index contributed by atoms with van der Waals surface area (Å²) in [6.07, 6.45) is 8.88. The molecule has 2 aromatic carbocycles. The first-order valence-electron chi connectivity index (χ1n) is 10.5. The average molecular weight is 387 g/mol. The summed E-state index contributed by atoms with van der Waals surface area (Å²) in [5, 5.41) is 10.9. The van der Waals surface area contributed by atoms with Crippen molar-refractivity contribution < 1.29 is 19.4 Å². The number of carbonyl (C=O) groups excluding carboxylic acids is 1. The highest BCUT2D eigenvalue weighted by Gasteiger charge is 2.17. The Bertz CT molecular complexity index is 726. The van der Waals surface area contributed by atoms with Gasteiger partial charge in [-0.3, -0.25) is 4.79 Å². The Balaban J connectivity index is 1.69. The van der Waals surface area contributed by atoms with Gasteiger partial charge < -0.3 is 14.6 Å². The van der Waals surface area contributed by atoms with E-state index in [0.29, 0.717) is 13.2 Å². The van der Waals surface area contributed by atoms with E-state index in [1.54, 1.807) is 7.11 Å². The average Bonchev–Trinajstić information content (AvgIpc) is 2.73. The summed E-state index contributed by atoms with van der Waals surface area (Å²) in [5.74, 6) is 0.410. The number of esters is 1. The van der Waals surface area contributed by atoms with E-state index in [9.17, 15) is 4.79 Å². The molecule has 154 valence electrons. The van der Waals surface area contributed by atoms with Crippen LogP contribution in [0.2, 0.25) is 0 Å². The van der Waals surface area contributed by atoms with Crippen molar-refractivity contribution in [3.8, 4) is 5.75 Å². The van der Waals surface area contributed by atoms with E-state index in [0.717, 1.165) is 47.8 Å². The van der Waals surface area contributed by atoms with E-state index in [1.807, 2.05) is 37.3 Å². The highest BCUT2D eigenvalue weighted by molar-refractivity contribution is 5.86. The molecule has 0 radical (unpaired) electrons. The third-order valence-electron chi connectivity index (χ3n) is 5.22. The molecular formula is C24H34O4. The molecule has 1 unspecified atom stereocenters. The topological polar surface area (TPSA) is 55.8 Å². The fourth-order valence-corrected chi connectivity index (χ4v) is 3.35. The van der Waals surface area contributed by atoms with E-state index in [2.05, 4.69) is 6.07 Å². The van der Waals surface area contributed by atoms with E-state index in [4.69, 9.17) is 14.6 Å². The zero-order valence-electron chi connectivity index (χ0n) is 17.3. The number of ether oxygens (including phenoxy) is 2. The fourth-order valence-electron chi connectivity index (χ4n) is 3.35. The summed E-state index contributed by atoms with van der Waals surface area (Å²) in [7, 11) is 1.66. The van der Waals surface area contributed by atoms with Crippen LogP contribution < -0.4 is 4.74 Å². The molecule has 0 saturated heterocycles. The predicted octanol–water partition coefficient (Wildman–Crippen LogP) is 5.61. The van der Waals surface area contributed by atoms with Crippen molar-refractivity contribution in [2.75, 3.05) is 20.3 Å². The van der Waals surface area contributed by atoms with Crippen molar-refractivity contribution >= 4 is 16.7 Å². The lowest BCUT2D eigenvalue weighted by Crippen LogP contribution is -2.14. The lowest BCUT2D eigenvalue weighted by atomic mass is 9.98. The number of aliphatic hydroxyl groups is 1. The third kappa shape index (κ3) is 7.16. The minimum atomic E-state index is -0.266. The lowest BCUT2D eigenvalue weighted by Gasteiger charge is -2.13. The van der Waals surface area contributed by atoms with Gasteiger partial charge in [0.25, 0.3) is 0 Å². The monoisotopic (exact) mass is 386 g/mol. The Kier molecular flexibility index (Phi) is 9.84. The minimum Gasteiger partial charge on any atom is -0.497 e. The SMILES string of the molecule is COc1ccc2cc(C(C)C(=O)OCCCCCCCCCCO)ccc2c1. The Morgan fingerprint density at radius 1 is 0.893 bits per heavy atom. The van der Waals surface area contributed by atoms with Crippen LogP contribution in [0, 0.1) is 0 Å². The molecule has 0 aliphatic carbocycles. The number of methoxy groups -OCH3 is 1. The smallest absolute Gasteiger partial charge is 0.313 e. The first kappa shape index (κ1) is 22.2. The maximum Gasteiger partial charge on any atom is 0.313 e. The van der Waals surface area contributed by atoms with Gasteiger partial charge in [0.05, 0.1) is 19.6 Å². The first-order chi connectivity index (χ1) is 13.7. The highest BCUT2D eigenvalue weighted by atomic mass is 16.5. The van der Waals surface area contributed by atoms with Crippen LogP contribution in [-0.4, -0.2) is 31.4 Å². The first-order valence-corrected chi connectivity index (χ1v) is 10.5. The van der Waals surface area contributed by atoms with Gasteiger partial charge in [-0.25, -0.2) is 0 Å². The molecule has 0 spiro atoms. The predicted molar refractivity (Wildman–Crippen MR) is 114 cm³/mol. The molecule has 0 aliphatic rings. The Labute approximate surface area is 168 Å². The minimum absolute atomic E-state index is 0.156. The van der Waals surface area contributed by atoms with Gasteiger partial charge in [0.1, 0.15) is 5.75 Å². The van der Waals surface area contributed by atoms with Crippen LogP contribution in [0.15, 0.2) is 36.4 Å². The number of aliphatic hydroxyl groups excluding tert-OH is 1. The van der Waals surface area contributed by atoms with Gasteiger partial charge in [-0.15, -0.1) is 0 Å². The van der Waals surface area contributed by atoms with Gasteiger partial charge in [0, 0.05) is 6.61 Å². The van der Waals surface area contributed by atoms with E-state index < -0.39 is 0 Å². The van der Waals surface area contributed by atoms with Crippen molar-refractivity contribution in [2.45, 2.75) is 64.2 Å². The second-order valence-electron chi connectivity index (χ2n) is 7.41. The maximum atomic E-state index is 12.4. The Hall–Kier alpha value is -2.07. The van der Waals surface area contributed by atoms with Crippen molar-refractivity contribution in [1.29, 1.82) is 0 Å². The van der Waals surface area contributed by atoms with Gasteiger partial charge in [-0.2, -0.15) is 0 Å². The number of benzene rings is 2. The Morgan fingerprint density at radius 3 is 2.18 bits per heavy atom. The molecule has 0 amide bonds. The van der Waals surface area contributed by atoms with Crippen LogP contribution in [0.3, 0.4) is 0 Å². The number of fused-ring (bicyclic) bond motifs is 1. The molecule has 2 rings (SSSR count).